The predicted octanol–water partition coefficient (Wildman–Crippen LogP) is 4.36. The van der Waals surface area contributed by atoms with Crippen molar-refractivity contribution in [3.63, 3.8) is 0 Å². The molecule has 7 heteroatoms. The number of hydrazone groups is 1. The highest BCUT2D eigenvalue weighted by molar-refractivity contribution is 6.43. The molecule has 0 radical (unpaired) electrons. The number of allylic oxidation sites excluding steroid dienone is 1. The van der Waals surface area contributed by atoms with Gasteiger partial charge < -0.3 is 20.3 Å². The van der Waals surface area contributed by atoms with Crippen molar-refractivity contribution in [3.05, 3.63) is 66.1 Å². The van der Waals surface area contributed by atoms with Crippen LogP contribution in [0, 0.1) is 0 Å². The number of rotatable bonds is 12. The monoisotopic (exact) mass is 453 g/mol. The van der Waals surface area contributed by atoms with E-state index in [4.69, 9.17) is 15.2 Å². The van der Waals surface area contributed by atoms with E-state index in [1.807, 2.05) is 24.3 Å². The summed E-state index contributed by atoms with van der Waals surface area (Å²) in [5.74, 6) is 0.185. The zero-order valence-electron chi connectivity index (χ0n) is 19.5. The lowest BCUT2D eigenvalue weighted by Crippen LogP contribution is -2.37. The zero-order valence-corrected chi connectivity index (χ0v) is 19.5. The van der Waals surface area contributed by atoms with E-state index in [0.29, 0.717) is 37.6 Å². The van der Waals surface area contributed by atoms with E-state index in [-0.39, 0.29) is 11.1 Å². The summed E-state index contributed by atoms with van der Waals surface area (Å²) in [5, 5.41) is 15.8. The number of hydrogen-bond donors (Lipinski definition) is 2. The fraction of sp³-hybridized carbons (Fsp3) is 0.462. The summed E-state index contributed by atoms with van der Waals surface area (Å²) >= 11 is 0. The number of ether oxygens (including phenoxy) is 2. The molecule has 0 saturated heterocycles. The van der Waals surface area contributed by atoms with Crippen LogP contribution in [-0.4, -0.2) is 48.1 Å². The molecule has 0 aromatic heterocycles. The van der Waals surface area contributed by atoms with Crippen LogP contribution in [0.4, 0.5) is 0 Å². The van der Waals surface area contributed by atoms with Crippen LogP contribution in [0.25, 0.3) is 0 Å². The van der Waals surface area contributed by atoms with E-state index in [2.05, 4.69) is 30.7 Å². The summed E-state index contributed by atoms with van der Waals surface area (Å²) in [4.78, 5) is 11.8. The van der Waals surface area contributed by atoms with Crippen LogP contribution >= 0.6 is 0 Å². The second-order valence-corrected chi connectivity index (χ2v) is 8.56. The number of unbranched alkanes of at least 4 members (excludes halogenated alkanes) is 1. The molecule has 1 fully saturated rings. The average molecular weight is 454 g/mol. The minimum absolute atomic E-state index is 0.0686. The van der Waals surface area contributed by atoms with Crippen LogP contribution < -0.4 is 10.5 Å². The summed E-state index contributed by atoms with van der Waals surface area (Å²) in [6, 6.07) is 8.18. The van der Waals surface area contributed by atoms with E-state index < -0.39 is 5.97 Å². The zero-order chi connectivity index (χ0) is 23.7. The van der Waals surface area contributed by atoms with E-state index in [1.165, 1.54) is 5.56 Å². The molecule has 3 N–H and O–H groups in total. The Morgan fingerprint density at radius 1 is 1.30 bits per heavy atom. The Morgan fingerprint density at radius 3 is 2.79 bits per heavy atom. The van der Waals surface area contributed by atoms with Gasteiger partial charge in [0.15, 0.2) is 5.71 Å². The highest BCUT2D eigenvalue weighted by Gasteiger charge is 2.38. The Hall–Kier alpha value is -3.06. The Kier molecular flexibility index (Phi) is 8.72. The third-order valence-corrected chi connectivity index (χ3v) is 6.16. The van der Waals surface area contributed by atoms with E-state index in [0.717, 1.165) is 44.3 Å². The highest BCUT2D eigenvalue weighted by Crippen LogP contribution is 2.43. The lowest BCUT2D eigenvalue weighted by atomic mass is 9.78. The van der Waals surface area contributed by atoms with Crippen molar-refractivity contribution < 1.29 is 19.4 Å². The van der Waals surface area contributed by atoms with Crippen molar-refractivity contribution in [2.24, 2.45) is 10.8 Å². The largest absolute Gasteiger partial charge is 0.491 e. The van der Waals surface area contributed by atoms with Gasteiger partial charge in [-0.25, -0.2) is 4.79 Å². The number of nitrogens with two attached hydrogens (primary N) is 1. The summed E-state index contributed by atoms with van der Waals surface area (Å²) < 4.78 is 11.7. The normalized spacial score (nSPS) is 17.8. The van der Waals surface area contributed by atoms with Crippen molar-refractivity contribution in [2.75, 3.05) is 26.3 Å². The lowest BCUT2D eigenvalue weighted by Gasteiger charge is -2.35. The summed E-state index contributed by atoms with van der Waals surface area (Å²) in [6.07, 6.45) is 11.7. The summed E-state index contributed by atoms with van der Waals surface area (Å²) in [6.45, 7) is 8.04. The maximum absolute atomic E-state index is 11.8. The van der Waals surface area contributed by atoms with Gasteiger partial charge in [0.05, 0.1) is 19.4 Å². The molecule has 0 amide bonds. The van der Waals surface area contributed by atoms with Crippen LogP contribution in [0.3, 0.4) is 0 Å². The number of aliphatic carboxylic acids is 1. The Morgan fingerprint density at radius 2 is 2.09 bits per heavy atom. The molecule has 1 aliphatic carbocycles. The first-order valence-electron chi connectivity index (χ1n) is 11.7. The van der Waals surface area contributed by atoms with Gasteiger partial charge in [0.25, 0.3) is 0 Å². The smallest absolute Gasteiger partial charge is 0.357 e. The quantitative estimate of drug-likeness (QED) is 0.360. The first-order valence-corrected chi connectivity index (χ1v) is 11.7. The number of carbonyl (C=O) groups is 1. The summed E-state index contributed by atoms with van der Waals surface area (Å²) in [5.41, 5.74) is 6.77. The van der Waals surface area contributed by atoms with Crippen molar-refractivity contribution >= 4 is 11.7 Å². The second kappa shape index (κ2) is 11.7. The van der Waals surface area contributed by atoms with Crippen LogP contribution in [0.1, 0.15) is 51.0 Å². The molecule has 178 valence electrons. The van der Waals surface area contributed by atoms with Crippen molar-refractivity contribution in [2.45, 2.75) is 50.9 Å². The molecule has 2 aliphatic rings. The number of hydrogen-bond acceptors (Lipinski definition) is 6. The molecular weight excluding hydrogens is 418 g/mol. The Balaban J connectivity index is 1.85. The maximum Gasteiger partial charge on any atom is 0.357 e. The van der Waals surface area contributed by atoms with Gasteiger partial charge in [0.2, 0.25) is 0 Å². The molecule has 1 heterocycles. The van der Waals surface area contributed by atoms with Gasteiger partial charge in [0, 0.05) is 17.5 Å². The van der Waals surface area contributed by atoms with Crippen LogP contribution in [0.2, 0.25) is 0 Å². The van der Waals surface area contributed by atoms with Gasteiger partial charge in [-0.1, -0.05) is 57.0 Å². The SMILES string of the molecule is C=C1C(OCCCC)=CN(CC2(c3cccc(OC/C=C/CN)c3)CCCC2)N=C1C(=O)O. The number of carboxylic acid groups (broad SMARTS) is 1. The first-order chi connectivity index (χ1) is 16.0. The summed E-state index contributed by atoms with van der Waals surface area (Å²) in [7, 11) is 0. The van der Waals surface area contributed by atoms with Crippen molar-refractivity contribution in [1.29, 1.82) is 0 Å². The standard InChI is InChI=1S/C26H35N3O4/c1-3-4-15-33-23-18-29(28-24(20(23)2)25(30)31)19-26(12-5-6-13-26)21-10-9-11-22(17-21)32-16-8-7-14-27/h7-11,17-18H,2-6,12-16,19,27H2,1H3,(H,30,31)/b8-7+. The van der Waals surface area contributed by atoms with Crippen LogP contribution in [0.15, 0.2) is 65.6 Å². The maximum atomic E-state index is 11.8. The topological polar surface area (TPSA) is 97.4 Å². The van der Waals surface area contributed by atoms with Crippen molar-refractivity contribution in [3.8, 4) is 5.75 Å². The van der Waals surface area contributed by atoms with E-state index >= 15 is 0 Å². The molecule has 1 aromatic carbocycles. The van der Waals surface area contributed by atoms with Crippen LogP contribution in [-0.2, 0) is 14.9 Å². The lowest BCUT2D eigenvalue weighted by molar-refractivity contribution is -0.129. The van der Waals surface area contributed by atoms with Gasteiger partial charge >= 0.3 is 5.97 Å². The molecule has 1 aliphatic heterocycles. The number of benzene rings is 1. The van der Waals surface area contributed by atoms with Gasteiger partial charge in [-0.2, -0.15) is 5.10 Å². The fourth-order valence-electron chi connectivity index (χ4n) is 4.38. The molecular formula is C26H35N3O4. The van der Waals surface area contributed by atoms with E-state index in [9.17, 15) is 9.90 Å². The predicted molar refractivity (Wildman–Crippen MR) is 130 cm³/mol. The Labute approximate surface area is 196 Å². The Bertz CT molecular complexity index is 929. The molecule has 0 atom stereocenters. The number of carboxylic acids is 1. The third-order valence-electron chi connectivity index (χ3n) is 6.16. The average Bonchev–Trinajstić information content (AvgIpc) is 3.28. The molecule has 0 spiro atoms. The first kappa shape index (κ1) is 24.6. The van der Waals surface area contributed by atoms with Gasteiger partial charge in [-0.05, 0) is 37.0 Å². The van der Waals surface area contributed by atoms with Crippen LogP contribution in [0.5, 0.6) is 5.75 Å². The third kappa shape index (κ3) is 6.26. The van der Waals surface area contributed by atoms with E-state index in [1.54, 1.807) is 11.2 Å². The molecule has 33 heavy (non-hydrogen) atoms. The minimum Gasteiger partial charge on any atom is -0.491 e. The molecule has 0 bridgehead atoms. The molecule has 3 rings (SSSR count). The minimum atomic E-state index is -1.10. The van der Waals surface area contributed by atoms with Gasteiger partial charge in [-0.15, -0.1) is 0 Å². The van der Waals surface area contributed by atoms with Crippen molar-refractivity contribution in [1.82, 2.24) is 5.01 Å². The molecule has 1 aromatic rings. The second-order valence-electron chi connectivity index (χ2n) is 8.56. The highest BCUT2D eigenvalue weighted by atomic mass is 16.5. The fourth-order valence-corrected chi connectivity index (χ4v) is 4.38. The molecule has 7 nitrogen and oxygen atoms in total. The molecule has 0 unspecified atom stereocenters. The van der Waals surface area contributed by atoms with Gasteiger partial charge in [0.1, 0.15) is 18.1 Å². The van der Waals surface area contributed by atoms with Gasteiger partial charge in [-0.3, -0.25) is 5.01 Å². The number of nitrogens with zero attached hydrogens (tertiary/aromatic N) is 2. The molecule has 1 saturated carbocycles.